The number of aromatic nitrogens is 2. The second-order valence-corrected chi connectivity index (χ2v) is 4.01. The molecule has 2 heterocycles. The number of rotatable bonds is 3. The summed E-state index contributed by atoms with van der Waals surface area (Å²) in [5.41, 5.74) is 0.181. The number of halogens is 1. The van der Waals surface area contributed by atoms with Crippen molar-refractivity contribution >= 4 is 17.6 Å². The first-order valence-electron chi connectivity index (χ1n) is 5.11. The molecule has 2 rings (SSSR count). The number of hydrogen-bond donors (Lipinski definition) is 1. The molecule has 0 bridgehead atoms. The summed E-state index contributed by atoms with van der Waals surface area (Å²) in [7, 11) is 0. The van der Waals surface area contributed by atoms with Crippen molar-refractivity contribution in [3.8, 4) is 0 Å². The Morgan fingerprint density at radius 2 is 2.17 bits per heavy atom. The molecule has 0 unspecified atom stereocenters. The lowest BCUT2D eigenvalue weighted by atomic mass is 10.2. The van der Waals surface area contributed by atoms with Gasteiger partial charge in [-0.15, -0.1) is 0 Å². The smallest absolute Gasteiger partial charge is 0.352 e. The van der Waals surface area contributed by atoms with E-state index in [2.05, 4.69) is 4.98 Å². The fraction of sp³-hybridized carbons (Fsp3) is 0.0833. The standard InChI is InChI=1S/C12H9ClN2O3/c13-9-6-14-5-4-8(9)7-15-10(12(17)18)2-1-3-11(15)16/h1-6H,7H2,(H,17,18). The van der Waals surface area contributed by atoms with E-state index in [-0.39, 0.29) is 17.8 Å². The zero-order chi connectivity index (χ0) is 13.1. The van der Waals surface area contributed by atoms with Crippen molar-refractivity contribution in [2.75, 3.05) is 0 Å². The monoisotopic (exact) mass is 264 g/mol. The summed E-state index contributed by atoms with van der Waals surface area (Å²) in [6.07, 6.45) is 2.99. The van der Waals surface area contributed by atoms with Gasteiger partial charge < -0.3 is 5.11 Å². The highest BCUT2D eigenvalue weighted by molar-refractivity contribution is 6.31. The molecule has 2 aromatic heterocycles. The quantitative estimate of drug-likeness (QED) is 0.915. The Balaban J connectivity index is 2.50. The first-order chi connectivity index (χ1) is 8.59. The van der Waals surface area contributed by atoms with Gasteiger partial charge in [0, 0.05) is 18.5 Å². The average molecular weight is 265 g/mol. The van der Waals surface area contributed by atoms with Gasteiger partial charge in [0.1, 0.15) is 5.69 Å². The van der Waals surface area contributed by atoms with Gasteiger partial charge in [-0.05, 0) is 17.7 Å². The minimum Gasteiger partial charge on any atom is -0.477 e. The van der Waals surface area contributed by atoms with E-state index in [0.29, 0.717) is 10.6 Å². The summed E-state index contributed by atoms with van der Waals surface area (Å²) in [5.74, 6) is -1.15. The molecule has 0 saturated heterocycles. The van der Waals surface area contributed by atoms with Crippen molar-refractivity contribution in [1.29, 1.82) is 0 Å². The molecule has 0 amide bonds. The number of aromatic carboxylic acids is 1. The van der Waals surface area contributed by atoms with Crippen LogP contribution in [0, 0.1) is 0 Å². The maximum absolute atomic E-state index is 11.7. The van der Waals surface area contributed by atoms with Gasteiger partial charge >= 0.3 is 5.97 Å². The van der Waals surface area contributed by atoms with Crippen molar-refractivity contribution in [2.24, 2.45) is 0 Å². The van der Waals surface area contributed by atoms with Gasteiger partial charge in [0.15, 0.2) is 0 Å². The molecule has 0 aliphatic carbocycles. The SMILES string of the molecule is O=C(O)c1cccc(=O)n1Cc1ccncc1Cl. The lowest BCUT2D eigenvalue weighted by molar-refractivity contribution is 0.0684. The number of pyridine rings is 2. The summed E-state index contributed by atoms with van der Waals surface area (Å²) in [6.45, 7) is 0.0999. The molecule has 18 heavy (non-hydrogen) atoms. The highest BCUT2D eigenvalue weighted by Crippen LogP contribution is 2.14. The molecular weight excluding hydrogens is 256 g/mol. The van der Waals surface area contributed by atoms with E-state index < -0.39 is 5.97 Å². The van der Waals surface area contributed by atoms with Crippen LogP contribution in [0.4, 0.5) is 0 Å². The van der Waals surface area contributed by atoms with Crippen LogP contribution in [0.15, 0.2) is 41.5 Å². The molecule has 0 aliphatic rings. The summed E-state index contributed by atoms with van der Waals surface area (Å²) >= 11 is 5.93. The molecule has 0 aromatic carbocycles. The second-order valence-electron chi connectivity index (χ2n) is 3.61. The van der Waals surface area contributed by atoms with Gasteiger partial charge in [0.25, 0.3) is 5.56 Å². The predicted molar refractivity (Wildman–Crippen MR) is 66.0 cm³/mol. The number of carbonyl (C=O) groups is 1. The van der Waals surface area contributed by atoms with Crippen molar-refractivity contribution in [2.45, 2.75) is 6.54 Å². The van der Waals surface area contributed by atoms with E-state index in [0.717, 1.165) is 4.57 Å². The lowest BCUT2D eigenvalue weighted by Gasteiger charge is -2.10. The number of carboxylic acids is 1. The topological polar surface area (TPSA) is 72.2 Å². The van der Waals surface area contributed by atoms with E-state index in [4.69, 9.17) is 16.7 Å². The van der Waals surface area contributed by atoms with Crippen molar-refractivity contribution in [1.82, 2.24) is 9.55 Å². The van der Waals surface area contributed by atoms with Crippen LogP contribution < -0.4 is 5.56 Å². The molecule has 0 aliphatic heterocycles. The number of nitrogens with zero attached hydrogens (tertiary/aromatic N) is 2. The third-order valence-corrected chi connectivity index (χ3v) is 2.79. The van der Waals surface area contributed by atoms with Crippen LogP contribution in [-0.2, 0) is 6.54 Å². The van der Waals surface area contributed by atoms with Crippen molar-refractivity contribution < 1.29 is 9.90 Å². The molecule has 0 spiro atoms. The average Bonchev–Trinajstić information content (AvgIpc) is 2.34. The Hall–Kier alpha value is -2.14. The van der Waals surface area contributed by atoms with Crippen LogP contribution in [0.2, 0.25) is 5.02 Å². The molecular formula is C12H9ClN2O3. The number of hydrogen-bond acceptors (Lipinski definition) is 3. The largest absolute Gasteiger partial charge is 0.477 e. The zero-order valence-electron chi connectivity index (χ0n) is 9.21. The Kier molecular flexibility index (Phi) is 3.43. The van der Waals surface area contributed by atoms with E-state index in [1.807, 2.05) is 0 Å². The van der Waals surface area contributed by atoms with Crippen LogP contribution in [0.3, 0.4) is 0 Å². The molecule has 6 heteroatoms. The third-order valence-electron chi connectivity index (χ3n) is 2.45. The van der Waals surface area contributed by atoms with E-state index >= 15 is 0 Å². The van der Waals surface area contributed by atoms with Gasteiger partial charge in [0.2, 0.25) is 0 Å². The summed E-state index contributed by atoms with van der Waals surface area (Å²) in [5, 5.41) is 9.43. The fourth-order valence-corrected chi connectivity index (χ4v) is 1.75. The normalized spacial score (nSPS) is 10.3. The van der Waals surface area contributed by atoms with Gasteiger partial charge in [-0.2, -0.15) is 0 Å². The van der Waals surface area contributed by atoms with Crippen LogP contribution in [0.5, 0.6) is 0 Å². The molecule has 0 atom stereocenters. The van der Waals surface area contributed by atoms with Crippen LogP contribution in [0.25, 0.3) is 0 Å². The highest BCUT2D eigenvalue weighted by atomic mass is 35.5. The van der Waals surface area contributed by atoms with Gasteiger partial charge in [-0.3, -0.25) is 14.3 Å². The van der Waals surface area contributed by atoms with E-state index in [1.54, 1.807) is 6.07 Å². The second kappa shape index (κ2) is 5.01. The van der Waals surface area contributed by atoms with Crippen LogP contribution in [0.1, 0.15) is 16.1 Å². The van der Waals surface area contributed by atoms with Crippen LogP contribution >= 0.6 is 11.6 Å². The molecule has 92 valence electrons. The molecule has 0 radical (unpaired) electrons. The minimum absolute atomic E-state index is 0.0737. The first-order valence-corrected chi connectivity index (χ1v) is 5.49. The Labute approximate surface area is 107 Å². The van der Waals surface area contributed by atoms with Gasteiger partial charge in [0.05, 0.1) is 11.6 Å². The molecule has 5 nitrogen and oxygen atoms in total. The Morgan fingerprint density at radius 1 is 1.39 bits per heavy atom. The lowest BCUT2D eigenvalue weighted by Crippen LogP contribution is -2.25. The summed E-state index contributed by atoms with van der Waals surface area (Å²) in [6, 6.07) is 5.74. The van der Waals surface area contributed by atoms with Gasteiger partial charge in [-0.25, -0.2) is 4.79 Å². The van der Waals surface area contributed by atoms with Crippen molar-refractivity contribution in [3.63, 3.8) is 0 Å². The van der Waals surface area contributed by atoms with E-state index in [1.165, 1.54) is 30.6 Å². The van der Waals surface area contributed by atoms with E-state index in [9.17, 15) is 9.59 Å². The molecule has 0 saturated carbocycles. The van der Waals surface area contributed by atoms with Crippen LogP contribution in [-0.4, -0.2) is 20.6 Å². The molecule has 2 aromatic rings. The number of carboxylic acid groups (broad SMARTS) is 1. The van der Waals surface area contributed by atoms with Gasteiger partial charge in [-0.1, -0.05) is 17.7 Å². The van der Waals surface area contributed by atoms with Crippen molar-refractivity contribution in [3.05, 3.63) is 63.3 Å². The Bertz CT molecular complexity index is 652. The maximum Gasteiger partial charge on any atom is 0.352 e. The molecule has 1 N–H and O–H groups in total. The predicted octanol–water partition coefficient (Wildman–Crippen LogP) is 1.64. The molecule has 0 fully saturated rings. The maximum atomic E-state index is 11.7. The summed E-state index contributed by atoms with van der Waals surface area (Å²) in [4.78, 5) is 26.6. The third kappa shape index (κ3) is 2.41. The Morgan fingerprint density at radius 3 is 2.83 bits per heavy atom. The fourth-order valence-electron chi connectivity index (χ4n) is 1.57. The zero-order valence-corrected chi connectivity index (χ0v) is 9.96. The summed E-state index contributed by atoms with van der Waals surface area (Å²) < 4.78 is 1.16. The minimum atomic E-state index is -1.15. The highest BCUT2D eigenvalue weighted by Gasteiger charge is 2.11. The first kappa shape index (κ1) is 12.3.